The first-order valence-electron chi connectivity index (χ1n) is 6.57. The zero-order valence-corrected chi connectivity index (χ0v) is 13.0. The van der Waals surface area contributed by atoms with Crippen LogP contribution in [-0.4, -0.2) is 17.4 Å². The van der Waals surface area contributed by atoms with Crippen molar-refractivity contribution in [2.75, 3.05) is 17.2 Å². The first kappa shape index (κ1) is 15.6. The van der Waals surface area contributed by atoms with Gasteiger partial charge in [0.05, 0.1) is 10.0 Å². The number of hydrogen-bond acceptors (Lipinski definition) is 3. The summed E-state index contributed by atoms with van der Waals surface area (Å²) in [6.07, 6.45) is 0.987. The van der Waals surface area contributed by atoms with E-state index in [1.807, 2.05) is 6.07 Å². The van der Waals surface area contributed by atoms with E-state index in [4.69, 9.17) is 23.2 Å². The molecule has 0 spiro atoms. The molecule has 1 heterocycles. The number of nitrogens with zero attached hydrogens (tertiary/aromatic N) is 1. The lowest BCUT2D eigenvalue weighted by molar-refractivity contribution is 0.102. The van der Waals surface area contributed by atoms with E-state index < -0.39 is 0 Å². The normalized spacial score (nSPS) is 10.2. The Kier molecular flexibility index (Phi) is 5.42. The van der Waals surface area contributed by atoms with Gasteiger partial charge in [0.15, 0.2) is 0 Å². The average Bonchev–Trinajstić information content (AvgIpc) is 2.49. The van der Waals surface area contributed by atoms with Crippen LogP contribution in [0.1, 0.15) is 23.8 Å². The van der Waals surface area contributed by atoms with Crippen molar-refractivity contribution in [2.45, 2.75) is 13.3 Å². The van der Waals surface area contributed by atoms with Crippen molar-refractivity contribution in [1.29, 1.82) is 0 Å². The van der Waals surface area contributed by atoms with Crippen molar-refractivity contribution in [3.8, 4) is 0 Å². The van der Waals surface area contributed by atoms with Gasteiger partial charge in [0.2, 0.25) is 0 Å². The Balaban J connectivity index is 2.10. The van der Waals surface area contributed by atoms with Crippen molar-refractivity contribution in [3.05, 3.63) is 52.1 Å². The molecule has 0 radical (unpaired) electrons. The van der Waals surface area contributed by atoms with Gasteiger partial charge in [0.1, 0.15) is 11.5 Å². The summed E-state index contributed by atoms with van der Waals surface area (Å²) in [4.78, 5) is 16.4. The van der Waals surface area contributed by atoms with E-state index in [1.165, 1.54) is 0 Å². The molecule has 21 heavy (non-hydrogen) atoms. The lowest BCUT2D eigenvalue weighted by atomic mass is 10.3. The van der Waals surface area contributed by atoms with Gasteiger partial charge < -0.3 is 10.6 Å². The molecule has 2 N–H and O–H groups in total. The molecule has 0 atom stereocenters. The van der Waals surface area contributed by atoms with E-state index in [2.05, 4.69) is 22.5 Å². The van der Waals surface area contributed by atoms with E-state index in [0.29, 0.717) is 27.2 Å². The molecule has 0 saturated carbocycles. The van der Waals surface area contributed by atoms with Crippen LogP contribution in [0, 0.1) is 0 Å². The Hall–Kier alpha value is -1.78. The number of benzene rings is 1. The van der Waals surface area contributed by atoms with E-state index in [1.54, 1.807) is 30.3 Å². The molecule has 0 aliphatic carbocycles. The fourth-order valence-corrected chi connectivity index (χ4v) is 1.98. The monoisotopic (exact) mass is 323 g/mol. The maximum atomic E-state index is 12.2. The third-order valence-corrected chi connectivity index (χ3v) is 3.45. The molecule has 2 aromatic rings. The Morgan fingerprint density at radius 2 is 2.00 bits per heavy atom. The molecule has 1 aromatic carbocycles. The lowest BCUT2D eigenvalue weighted by Gasteiger charge is -2.08. The highest BCUT2D eigenvalue weighted by atomic mass is 35.5. The average molecular weight is 324 g/mol. The van der Waals surface area contributed by atoms with Crippen molar-refractivity contribution in [1.82, 2.24) is 4.98 Å². The molecular weight excluding hydrogens is 309 g/mol. The lowest BCUT2D eigenvalue weighted by Crippen LogP contribution is -2.14. The number of carbonyl (C=O) groups is 1. The number of anilines is 2. The van der Waals surface area contributed by atoms with E-state index in [-0.39, 0.29) is 5.91 Å². The van der Waals surface area contributed by atoms with Gasteiger partial charge >= 0.3 is 0 Å². The van der Waals surface area contributed by atoms with E-state index in [9.17, 15) is 4.79 Å². The zero-order valence-electron chi connectivity index (χ0n) is 11.5. The number of halogens is 2. The summed E-state index contributed by atoms with van der Waals surface area (Å²) < 4.78 is 0. The molecule has 1 aromatic heterocycles. The molecule has 0 bridgehead atoms. The number of aromatic nitrogens is 1. The standard InChI is InChI=1S/C15H15Cl2N3O/c1-2-8-18-14-5-3-4-13(20-14)15(21)19-10-6-7-11(16)12(17)9-10/h3-7,9H,2,8H2,1H3,(H,18,20)(H,19,21). The van der Waals surface area contributed by atoms with Crippen LogP contribution in [0.25, 0.3) is 0 Å². The van der Waals surface area contributed by atoms with Crippen LogP contribution in [0.3, 0.4) is 0 Å². The summed E-state index contributed by atoms with van der Waals surface area (Å²) in [6, 6.07) is 10.2. The largest absolute Gasteiger partial charge is 0.370 e. The molecule has 6 heteroatoms. The van der Waals surface area contributed by atoms with E-state index in [0.717, 1.165) is 13.0 Å². The number of amides is 1. The number of pyridine rings is 1. The molecule has 2 rings (SSSR count). The maximum absolute atomic E-state index is 12.2. The highest BCUT2D eigenvalue weighted by molar-refractivity contribution is 6.42. The zero-order chi connectivity index (χ0) is 15.2. The first-order chi connectivity index (χ1) is 10.1. The smallest absolute Gasteiger partial charge is 0.274 e. The van der Waals surface area contributed by atoms with Crippen LogP contribution in [0.15, 0.2) is 36.4 Å². The van der Waals surface area contributed by atoms with Crippen LogP contribution in [0.4, 0.5) is 11.5 Å². The Labute approximate surface area is 133 Å². The highest BCUT2D eigenvalue weighted by Crippen LogP contribution is 2.25. The fraction of sp³-hybridized carbons (Fsp3) is 0.200. The summed E-state index contributed by atoms with van der Waals surface area (Å²) in [5.74, 6) is 0.382. The van der Waals surface area contributed by atoms with Gasteiger partial charge in [-0.2, -0.15) is 0 Å². The first-order valence-corrected chi connectivity index (χ1v) is 7.33. The second-order valence-corrected chi connectivity index (χ2v) is 5.23. The number of carbonyl (C=O) groups excluding carboxylic acids is 1. The van der Waals surface area contributed by atoms with Crippen LogP contribution in [0.2, 0.25) is 10.0 Å². The minimum Gasteiger partial charge on any atom is -0.370 e. The third kappa shape index (κ3) is 4.34. The third-order valence-electron chi connectivity index (χ3n) is 2.72. The minimum absolute atomic E-state index is 0.298. The molecule has 110 valence electrons. The van der Waals surface area contributed by atoms with Crippen molar-refractivity contribution in [3.63, 3.8) is 0 Å². The van der Waals surface area contributed by atoms with Crippen molar-refractivity contribution >= 4 is 40.6 Å². The summed E-state index contributed by atoms with van der Waals surface area (Å²) in [5, 5.41) is 6.71. The van der Waals surface area contributed by atoms with Crippen molar-refractivity contribution in [2.24, 2.45) is 0 Å². The van der Waals surface area contributed by atoms with Gasteiger partial charge in [-0.05, 0) is 36.8 Å². The maximum Gasteiger partial charge on any atom is 0.274 e. The Bertz CT molecular complexity index is 647. The summed E-state index contributed by atoms with van der Waals surface area (Å²) in [5.41, 5.74) is 0.908. The van der Waals surface area contributed by atoms with Gasteiger partial charge in [0.25, 0.3) is 5.91 Å². The second-order valence-electron chi connectivity index (χ2n) is 4.42. The van der Waals surface area contributed by atoms with Gasteiger partial charge in [-0.1, -0.05) is 36.2 Å². The summed E-state index contributed by atoms with van der Waals surface area (Å²) in [6.45, 7) is 2.87. The molecule has 0 fully saturated rings. The predicted octanol–water partition coefficient (Wildman–Crippen LogP) is 4.46. The Morgan fingerprint density at radius 1 is 1.19 bits per heavy atom. The van der Waals surface area contributed by atoms with Gasteiger partial charge in [-0.15, -0.1) is 0 Å². The summed E-state index contributed by atoms with van der Waals surface area (Å²) >= 11 is 11.8. The van der Waals surface area contributed by atoms with Crippen LogP contribution < -0.4 is 10.6 Å². The molecule has 0 unspecified atom stereocenters. The highest BCUT2D eigenvalue weighted by Gasteiger charge is 2.09. The van der Waals surface area contributed by atoms with Crippen LogP contribution in [0.5, 0.6) is 0 Å². The van der Waals surface area contributed by atoms with Crippen molar-refractivity contribution < 1.29 is 4.79 Å². The number of nitrogens with one attached hydrogen (secondary N) is 2. The minimum atomic E-state index is -0.298. The van der Waals surface area contributed by atoms with Gasteiger partial charge in [0, 0.05) is 12.2 Å². The van der Waals surface area contributed by atoms with Gasteiger partial charge in [-0.3, -0.25) is 4.79 Å². The molecule has 4 nitrogen and oxygen atoms in total. The molecule has 0 aliphatic rings. The fourth-order valence-electron chi connectivity index (χ4n) is 1.68. The molecule has 1 amide bonds. The number of hydrogen-bond donors (Lipinski definition) is 2. The topological polar surface area (TPSA) is 54.0 Å². The van der Waals surface area contributed by atoms with Crippen LogP contribution in [-0.2, 0) is 0 Å². The molecular formula is C15H15Cl2N3O. The summed E-state index contributed by atoms with van der Waals surface area (Å²) in [7, 11) is 0. The predicted molar refractivity (Wildman–Crippen MR) is 87.4 cm³/mol. The quantitative estimate of drug-likeness (QED) is 0.853. The SMILES string of the molecule is CCCNc1cccc(C(=O)Nc2ccc(Cl)c(Cl)c2)n1. The molecule has 0 saturated heterocycles. The Morgan fingerprint density at radius 3 is 2.71 bits per heavy atom. The van der Waals surface area contributed by atoms with E-state index >= 15 is 0 Å². The van der Waals surface area contributed by atoms with Gasteiger partial charge in [-0.25, -0.2) is 4.98 Å². The van der Waals surface area contributed by atoms with Crippen LogP contribution >= 0.6 is 23.2 Å². The molecule has 0 aliphatic heterocycles. The second kappa shape index (κ2) is 7.29. The number of rotatable bonds is 5.